The number of ketones is 1. The van der Waals surface area contributed by atoms with E-state index in [1.807, 2.05) is 12.1 Å². The molecule has 1 aromatic carbocycles. The second-order valence-electron chi connectivity index (χ2n) is 5.87. The summed E-state index contributed by atoms with van der Waals surface area (Å²) in [4.78, 5) is 14.5. The van der Waals surface area contributed by atoms with Gasteiger partial charge < -0.3 is 9.47 Å². The molecule has 1 aromatic heterocycles. The normalized spacial score (nSPS) is 14.8. The first-order valence-corrected chi connectivity index (χ1v) is 8.60. The molecule has 122 valence electrons. The smallest absolute Gasteiger partial charge is 0.169 e. The van der Waals surface area contributed by atoms with Gasteiger partial charge in [-0.15, -0.1) is 11.3 Å². The molecule has 0 amide bonds. The summed E-state index contributed by atoms with van der Waals surface area (Å²) in [5.41, 5.74) is 2.37. The van der Waals surface area contributed by atoms with E-state index in [1.165, 1.54) is 22.5 Å². The minimum atomic E-state index is 0.129. The highest BCUT2D eigenvalue weighted by Gasteiger charge is 2.17. The number of ether oxygens (including phenoxy) is 2. The number of carbonyl (C=O) groups excluding carboxylic acids is 1. The van der Waals surface area contributed by atoms with Crippen LogP contribution >= 0.6 is 11.3 Å². The summed E-state index contributed by atoms with van der Waals surface area (Å²) in [6, 6.07) is 8.35. The lowest BCUT2D eigenvalue weighted by molar-refractivity contribution is 0.102. The van der Waals surface area contributed by atoms with Gasteiger partial charge in [-0.25, -0.2) is 0 Å². The molecule has 0 saturated heterocycles. The SMILES string of the molecule is CC(=O)c1cc(CN(C)C(C)c2ccc3c(c2)OCCO3)cs1. The van der Waals surface area contributed by atoms with E-state index in [1.54, 1.807) is 6.92 Å². The first-order valence-electron chi connectivity index (χ1n) is 7.72. The van der Waals surface area contributed by atoms with Crippen LogP contribution in [0.2, 0.25) is 0 Å². The van der Waals surface area contributed by atoms with Crippen molar-refractivity contribution in [2.45, 2.75) is 26.4 Å². The van der Waals surface area contributed by atoms with E-state index in [9.17, 15) is 4.79 Å². The molecule has 0 saturated carbocycles. The lowest BCUT2D eigenvalue weighted by Crippen LogP contribution is -2.22. The van der Waals surface area contributed by atoms with Crippen LogP contribution in [-0.4, -0.2) is 30.9 Å². The monoisotopic (exact) mass is 331 g/mol. The van der Waals surface area contributed by atoms with Crippen molar-refractivity contribution in [3.63, 3.8) is 0 Å². The van der Waals surface area contributed by atoms with Gasteiger partial charge in [0.25, 0.3) is 0 Å². The zero-order valence-corrected chi connectivity index (χ0v) is 14.5. The molecule has 5 heteroatoms. The third-order valence-corrected chi connectivity index (χ3v) is 5.22. The Morgan fingerprint density at radius 1 is 1.26 bits per heavy atom. The standard InChI is InChI=1S/C18H21NO3S/c1-12(15-4-5-16-17(9-15)22-7-6-21-16)19(3)10-14-8-18(13(2)20)23-11-14/h4-5,8-9,11-12H,6-7,10H2,1-3H3. The summed E-state index contributed by atoms with van der Waals surface area (Å²) >= 11 is 1.51. The number of thiophene rings is 1. The van der Waals surface area contributed by atoms with Crippen molar-refractivity contribution in [2.75, 3.05) is 20.3 Å². The van der Waals surface area contributed by atoms with E-state index in [0.29, 0.717) is 13.2 Å². The van der Waals surface area contributed by atoms with Gasteiger partial charge in [-0.2, -0.15) is 0 Å². The van der Waals surface area contributed by atoms with E-state index >= 15 is 0 Å². The molecule has 23 heavy (non-hydrogen) atoms. The van der Waals surface area contributed by atoms with E-state index in [2.05, 4.69) is 36.4 Å². The minimum Gasteiger partial charge on any atom is -0.486 e. The van der Waals surface area contributed by atoms with Crippen molar-refractivity contribution in [3.05, 3.63) is 45.6 Å². The van der Waals surface area contributed by atoms with Crippen molar-refractivity contribution in [3.8, 4) is 11.5 Å². The number of fused-ring (bicyclic) bond motifs is 1. The van der Waals surface area contributed by atoms with Gasteiger partial charge in [0.05, 0.1) is 4.88 Å². The largest absolute Gasteiger partial charge is 0.486 e. The molecule has 1 atom stereocenters. The number of benzene rings is 1. The van der Waals surface area contributed by atoms with Crippen molar-refractivity contribution in [1.82, 2.24) is 4.90 Å². The molecular weight excluding hydrogens is 310 g/mol. The summed E-state index contributed by atoms with van der Waals surface area (Å²) in [7, 11) is 2.09. The average molecular weight is 331 g/mol. The number of Topliss-reactive ketones (excluding diaryl/α,β-unsaturated/α-hetero) is 1. The van der Waals surface area contributed by atoms with Gasteiger partial charge in [-0.1, -0.05) is 6.07 Å². The molecule has 2 heterocycles. The fraction of sp³-hybridized carbons (Fsp3) is 0.389. The molecule has 2 aromatic rings. The molecule has 0 fully saturated rings. The van der Waals surface area contributed by atoms with E-state index < -0.39 is 0 Å². The Kier molecular flexibility index (Phi) is 4.68. The molecular formula is C18H21NO3S. The van der Waals surface area contributed by atoms with E-state index in [-0.39, 0.29) is 11.8 Å². The maximum absolute atomic E-state index is 11.4. The Morgan fingerprint density at radius 2 is 2.00 bits per heavy atom. The quantitative estimate of drug-likeness (QED) is 0.779. The second-order valence-corrected chi connectivity index (χ2v) is 6.78. The van der Waals surface area contributed by atoms with Crippen LogP contribution in [-0.2, 0) is 6.54 Å². The third-order valence-electron chi connectivity index (χ3n) is 4.14. The minimum absolute atomic E-state index is 0.129. The van der Waals surface area contributed by atoms with Crippen LogP contribution < -0.4 is 9.47 Å². The van der Waals surface area contributed by atoms with Gasteiger partial charge in [0, 0.05) is 12.6 Å². The topological polar surface area (TPSA) is 38.8 Å². The van der Waals surface area contributed by atoms with Gasteiger partial charge in [0.15, 0.2) is 17.3 Å². The van der Waals surface area contributed by atoms with Crippen molar-refractivity contribution in [2.24, 2.45) is 0 Å². The summed E-state index contributed by atoms with van der Waals surface area (Å²) in [6.45, 7) is 5.79. The Morgan fingerprint density at radius 3 is 2.70 bits per heavy atom. The van der Waals surface area contributed by atoms with Crippen LogP contribution in [0.1, 0.15) is 40.7 Å². The molecule has 3 rings (SSSR count). The number of rotatable bonds is 5. The summed E-state index contributed by atoms with van der Waals surface area (Å²) < 4.78 is 11.2. The molecule has 0 spiro atoms. The molecule has 0 bridgehead atoms. The highest BCUT2D eigenvalue weighted by molar-refractivity contribution is 7.12. The van der Waals surface area contributed by atoms with Crippen LogP contribution in [0.5, 0.6) is 11.5 Å². The fourth-order valence-electron chi connectivity index (χ4n) is 2.64. The van der Waals surface area contributed by atoms with Crippen LogP contribution in [0.4, 0.5) is 0 Å². The van der Waals surface area contributed by atoms with Gasteiger partial charge in [-0.05, 0) is 55.6 Å². The first-order chi connectivity index (χ1) is 11.0. The van der Waals surface area contributed by atoms with Gasteiger partial charge in [0.2, 0.25) is 0 Å². The maximum Gasteiger partial charge on any atom is 0.169 e. The van der Waals surface area contributed by atoms with Crippen LogP contribution in [0, 0.1) is 0 Å². The van der Waals surface area contributed by atoms with Crippen molar-refractivity contribution < 1.29 is 14.3 Å². The van der Waals surface area contributed by atoms with E-state index in [0.717, 1.165) is 22.9 Å². The highest BCUT2D eigenvalue weighted by Crippen LogP contribution is 2.34. The lowest BCUT2D eigenvalue weighted by Gasteiger charge is -2.26. The first kappa shape index (κ1) is 16.0. The Labute approximate surface area is 140 Å². The Balaban J connectivity index is 1.71. The zero-order chi connectivity index (χ0) is 16.4. The number of hydrogen-bond acceptors (Lipinski definition) is 5. The van der Waals surface area contributed by atoms with Crippen LogP contribution in [0.15, 0.2) is 29.6 Å². The predicted octanol–water partition coefficient (Wildman–Crippen LogP) is 3.91. The summed E-state index contributed by atoms with van der Waals surface area (Å²) in [5.74, 6) is 1.77. The van der Waals surface area contributed by atoms with E-state index in [4.69, 9.17) is 9.47 Å². The molecule has 1 aliphatic heterocycles. The average Bonchev–Trinajstić information content (AvgIpc) is 3.02. The lowest BCUT2D eigenvalue weighted by atomic mass is 10.1. The summed E-state index contributed by atoms with van der Waals surface area (Å²) in [5, 5.41) is 2.06. The summed E-state index contributed by atoms with van der Waals surface area (Å²) in [6.07, 6.45) is 0. The zero-order valence-electron chi connectivity index (χ0n) is 13.7. The van der Waals surface area contributed by atoms with Gasteiger partial charge in [-0.3, -0.25) is 9.69 Å². The molecule has 0 radical (unpaired) electrons. The molecule has 0 N–H and O–H groups in total. The number of hydrogen-bond donors (Lipinski definition) is 0. The molecule has 1 aliphatic rings. The fourth-order valence-corrected chi connectivity index (χ4v) is 3.45. The molecule has 1 unspecified atom stereocenters. The van der Waals surface area contributed by atoms with Crippen LogP contribution in [0.3, 0.4) is 0 Å². The van der Waals surface area contributed by atoms with Crippen molar-refractivity contribution >= 4 is 17.1 Å². The van der Waals surface area contributed by atoms with Crippen LogP contribution in [0.25, 0.3) is 0 Å². The number of nitrogens with zero attached hydrogens (tertiary/aromatic N) is 1. The Bertz CT molecular complexity index is 710. The number of carbonyl (C=O) groups is 1. The molecule has 0 aliphatic carbocycles. The van der Waals surface area contributed by atoms with Gasteiger partial charge >= 0.3 is 0 Å². The van der Waals surface area contributed by atoms with Crippen molar-refractivity contribution in [1.29, 1.82) is 0 Å². The highest BCUT2D eigenvalue weighted by atomic mass is 32.1. The maximum atomic E-state index is 11.4. The molecule has 4 nitrogen and oxygen atoms in total. The van der Waals surface area contributed by atoms with Gasteiger partial charge in [0.1, 0.15) is 13.2 Å². The Hall–Kier alpha value is -1.85. The predicted molar refractivity (Wildman–Crippen MR) is 91.6 cm³/mol. The second kappa shape index (κ2) is 6.72. The third kappa shape index (κ3) is 3.57.